The van der Waals surface area contributed by atoms with Crippen LogP contribution in [0.15, 0.2) is 18.2 Å². The van der Waals surface area contributed by atoms with Gasteiger partial charge in [-0.25, -0.2) is 4.39 Å². The van der Waals surface area contributed by atoms with E-state index in [1.54, 1.807) is 6.07 Å². The van der Waals surface area contributed by atoms with Gasteiger partial charge >= 0.3 is 0 Å². The zero-order chi connectivity index (χ0) is 11.5. The van der Waals surface area contributed by atoms with Crippen molar-refractivity contribution in [3.05, 3.63) is 35.1 Å². The SMILES string of the molecule is Cc1cc(F)ccc1CC(=O)C1CCCC1. The molecule has 0 aliphatic heterocycles. The molecule has 0 aromatic heterocycles. The molecule has 0 saturated heterocycles. The van der Waals surface area contributed by atoms with Gasteiger partial charge in [0.15, 0.2) is 0 Å². The maximum Gasteiger partial charge on any atom is 0.140 e. The molecule has 1 aliphatic rings. The predicted octanol–water partition coefficient (Wildman–Crippen LogP) is 3.44. The summed E-state index contributed by atoms with van der Waals surface area (Å²) in [6.07, 6.45) is 4.91. The smallest absolute Gasteiger partial charge is 0.140 e. The molecule has 0 bridgehead atoms. The van der Waals surface area contributed by atoms with Crippen molar-refractivity contribution in [3.63, 3.8) is 0 Å². The Labute approximate surface area is 95.7 Å². The number of Topliss-reactive ketones (excluding diaryl/α,β-unsaturated/α-hetero) is 1. The minimum absolute atomic E-state index is 0.227. The van der Waals surface area contributed by atoms with Gasteiger partial charge in [0.05, 0.1) is 0 Å². The first kappa shape index (κ1) is 11.3. The molecule has 2 rings (SSSR count). The fourth-order valence-electron chi connectivity index (χ4n) is 2.44. The number of carbonyl (C=O) groups is 1. The Balaban J connectivity index is 2.05. The summed E-state index contributed by atoms with van der Waals surface area (Å²) in [6, 6.07) is 4.67. The van der Waals surface area contributed by atoms with Crippen LogP contribution in [0.4, 0.5) is 4.39 Å². The van der Waals surface area contributed by atoms with Crippen LogP contribution >= 0.6 is 0 Å². The number of hydrogen-bond donors (Lipinski definition) is 0. The van der Waals surface area contributed by atoms with E-state index in [0.29, 0.717) is 12.2 Å². The summed E-state index contributed by atoms with van der Waals surface area (Å²) in [4.78, 5) is 12.0. The van der Waals surface area contributed by atoms with Crippen LogP contribution in [0.25, 0.3) is 0 Å². The molecule has 1 aliphatic carbocycles. The Kier molecular flexibility index (Phi) is 3.37. The number of hydrogen-bond acceptors (Lipinski definition) is 1. The summed E-state index contributed by atoms with van der Waals surface area (Å²) in [5.74, 6) is 0.353. The third kappa shape index (κ3) is 2.49. The Morgan fingerprint density at radius 1 is 1.38 bits per heavy atom. The third-order valence-electron chi connectivity index (χ3n) is 3.48. The van der Waals surface area contributed by atoms with Crippen LogP contribution in [-0.2, 0) is 11.2 Å². The predicted molar refractivity (Wildman–Crippen MR) is 61.8 cm³/mol. The maximum absolute atomic E-state index is 12.9. The van der Waals surface area contributed by atoms with Gasteiger partial charge in [-0.05, 0) is 43.0 Å². The first-order valence-corrected chi connectivity index (χ1v) is 5.94. The molecule has 0 radical (unpaired) electrons. The summed E-state index contributed by atoms with van der Waals surface area (Å²) in [5.41, 5.74) is 1.85. The maximum atomic E-state index is 12.9. The van der Waals surface area contributed by atoms with Crippen LogP contribution in [0.2, 0.25) is 0 Å². The van der Waals surface area contributed by atoms with Gasteiger partial charge in [-0.3, -0.25) is 4.79 Å². The van der Waals surface area contributed by atoms with E-state index in [2.05, 4.69) is 0 Å². The highest BCUT2D eigenvalue weighted by Gasteiger charge is 2.22. The number of ketones is 1. The summed E-state index contributed by atoms with van der Waals surface area (Å²) < 4.78 is 12.9. The number of carbonyl (C=O) groups excluding carboxylic acids is 1. The van der Waals surface area contributed by atoms with Crippen molar-refractivity contribution in [3.8, 4) is 0 Å². The highest BCUT2D eigenvalue weighted by molar-refractivity contribution is 5.83. The van der Waals surface area contributed by atoms with Crippen LogP contribution in [0, 0.1) is 18.7 Å². The molecule has 1 fully saturated rings. The Morgan fingerprint density at radius 2 is 2.06 bits per heavy atom. The first-order valence-electron chi connectivity index (χ1n) is 5.94. The highest BCUT2D eigenvalue weighted by Crippen LogP contribution is 2.27. The van der Waals surface area contributed by atoms with E-state index in [0.717, 1.165) is 24.0 Å². The lowest BCUT2D eigenvalue weighted by Gasteiger charge is -2.09. The molecular weight excluding hydrogens is 203 g/mol. The summed E-state index contributed by atoms with van der Waals surface area (Å²) in [7, 11) is 0. The van der Waals surface area contributed by atoms with E-state index >= 15 is 0 Å². The van der Waals surface area contributed by atoms with Crippen molar-refractivity contribution in [1.29, 1.82) is 0 Å². The summed E-state index contributed by atoms with van der Waals surface area (Å²) >= 11 is 0. The second kappa shape index (κ2) is 4.77. The standard InChI is InChI=1S/C14H17FO/c1-10-8-13(15)7-6-12(10)9-14(16)11-4-2-3-5-11/h6-8,11H,2-5,9H2,1H3. The zero-order valence-corrected chi connectivity index (χ0v) is 9.63. The van der Waals surface area contributed by atoms with Crippen molar-refractivity contribution in [1.82, 2.24) is 0 Å². The molecule has 1 saturated carbocycles. The van der Waals surface area contributed by atoms with E-state index in [9.17, 15) is 9.18 Å². The number of aryl methyl sites for hydroxylation is 1. The highest BCUT2D eigenvalue weighted by atomic mass is 19.1. The van der Waals surface area contributed by atoms with Crippen molar-refractivity contribution in [2.45, 2.75) is 39.0 Å². The molecule has 0 amide bonds. The molecule has 0 spiro atoms. The Hall–Kier alpha value is -1.18. The van der Waals surface area contributed by atoms with E-state index in [1.807, 2.05) is 6.92 Å². The molecule has 2 heteroatoms. The second-order valence-corrected chi connectivity index (χ2v) is 4.70. The molecule has 16 heavy (non-hydrogen) atoms. The summed E-state index contributed by atoms with van der Waals surface area (Å²) in [6.45, 7) is 1.86. The van der Waals surface area contributed by atoms with Gasteiger partial charge < -0.3 is 0 Å². The number of benzene rings is 1. The molecule has 1 aromatic rings. The minimum atomic E-state index is -0.227. The lowest BCUT2D eigenvalue weighted by molar-refractivity contribution is -0.122. The van der Waals surface area contributed by atoms with Gasteiger partial charge in [0.1, 0.15) is 11.6 Å². The van der Waals surface area contributed by atoms with Crippen molar-refractivity contribution < 1.29 is 9.18 Å². The molecule has 0 atom stereocenters. The summed E-state index contributed by atoms with van der Waals surface area (Å²) in [5, 5.41) is 0. The lowest BCUT2D eigenvalue weighted by Crippen LogP contribution is -2.14. The van der Waals surface area contributed by atoms with E-state index in [-0.39, 0.29) is 11.7 Å². The van der Waals surface area contributed by atoms with E-state index in [1.165, 1.54) is 25.0 Å². The molecular formula is C14H17FO. The lowest BCUT2D eigenvalue weighted by atomic mass is 9.94. The fraction of sp³-hybridized carbons (Fsp3) is 0.500. The molecule has 86 valence electrons. The third-order valence-corrected chi connectivity index (χ3v) is 3.48. The average molecular weight is 220 g/mol. The van der Waals surface area contributed by atoms with Crippen molar-refractivity contribution >= 4 is 5.78 Å². The Morgan fingerprint density at radius 3 is 2.69 bits per heavy atom. The number of rotatable bonds is 3. The minimum Gasteiger partial charge on any atom is -0.299 e. The molecule has 0 N–H and O–H groups in total. The fourth-order valence-corrected chi connectivity index (χ4v) is 2.44. The van der Waals surface area contributed by atoms with Gasteiger partial charge in [0.2, 0.25) is 0 Å². The number of halogens is 1. The molecule has 1 aromatic carbocycles. The molecule has 0 unspecified atom stereocenters. The van der Waals surface area contributed by atoms with Gasteiger partial charge in [-0.1, -0.05) is 18.9 Å². The first-order chi connectivity index (χ1) is 7.66. The van der Waals surface area contributed by atoms with Gasteiger partial charge in [0, 0.05) is 12.3 Å². The van der Waals surface area contributed by atoms with Crippen LogP contribution in [-0.4, -0.2) is 5.78 Å². The normalized spacial score (nSPS) is 16.6. The van der Waals surface area contributed by atoms with Crippen LogP contribution in [0.5, 0.6) is 0 Å². The molecule has 0 heterocycles. The van der Waals surface area contributed by atoms with Gasteiger partial charge in [-0.2, -0.15) is 0 Å². The average Bonchev–Trinajstić information content (AvgIpc) is 2.75. The van der Waals surface area contributed by atoms with E-state index in [4.69, 9.17) is 0 Å². The van der Waals surface area contributed by atoms with E-state index < -0.39 is 0 Å². The van der Waals surface area contributed by atoms with Crippen LogP contribution in [0.3, 0.4) is 0 Å². The van der Waals surface area contributed by atoms with Gasteiger partial charge in [0.25, 0.3) is 0 Å². The van der Waals surface area contributed by atoms with Crippen LogP contribution in [0.1, 0.15) is 36.8 Å². The Bertz CT molecular complexity index is 392. The van der Waals surface area contributed by atoms with Crippen molar-refractivity contribution in [2.75, 3.05) is 0 Å². The van der Waals surface area contributed by atoms with Crippen molar-refractivity contribution in [2.24, 2.45) is 5.92 Å². The quantitative estimate of drug-likeness (QED) is 0.762. The second-order valence-electron chi connectivity index (χ2n) is 4.70. The van der Waals surface area contributed by atoms with Crippen LogP contribution < -0.4 is 0 Å². The molecule has 1 nitrogen and oxygen atoms in total. The van der Waals surface area contributed by atoms with Gasteiger partial charge in [-0.15, -0.1) is 0 Å². The topological polar surface area (TPSA) is 17.1 Å². The largest absolute Gasteiger partial charge is 0.299 e. The monoisotopic (exact) mass is 220 g/mol. The zero-order valence-electron chi connectivity index (χ0n) is 9.63.